The van der Waals surface area contributed by atoms with E-state index in [0.717, 1.165) is 11.6 Å². The molecule has 2 aromatic rings. The molecule has 4 nitrogen and oxygen atoms in total. The molecule has 0 fully saturated rings. The van der Waals surface area contributed by atoms with Crippen LogP contribution in [0.4, 0.5) is 0 Å². The Hall–Kier alpha value is -2.10. The van der Waals surface area contributed by atoms with Gasteiger partial charge in [0.1, 0.15) is 5.75 Å². The molecule has 1 heterocycles. The Labute approximate surface area is 100 Å². The fourth-order valence-corrected chi connectivity index (χ4v) is 1.52. The van der Waals surface area contributed by atoms with Gasteiger partial charge >= 0.3 is 0 Å². The molecule has 90 valence electrons. The number of rotatable bonds is 4. The van der Waals surface area contributed by atoms with Crippen molar-refractivity contribution >= 4 is 0 Å². The van der Waals surface area contributed by atoms with Gasteiger partial charge in [0.2, 0.25) is 0 Å². The van der Waals surface area contributed by atoms with E-state index in [4.69, 9.17) is 14.2 Å². The molecular weight excluding hydrogens is 218 g/mol. The molecule has 2 rings (SSSR count). The summed E-state index contributed by atoms with van der Waals surface area (Å²) in [6, 6.07) is 9.26. The van der Waals surface area contributed by atoms with Crippen LogP contribution in [0.3, 0.4) is 0 Å². The van der Waals surface area contributed by atoms with Crippen LogP contribution in [0.5, 0.6) is 23.1 Å². The van der Waals surface area contributed by atoms with Gasteiger partial charge in [-0.1, -0.05) is 0 Å². The van der Waals surface area contributed by atoms with Crippen LogP contribution in [-0.2, 0) is 7.05 Å². The van der Waals surface area contributed by atoms with Gasteiger partial charge in [-0.25, -0.2) is 0 Å². The number of nitrogens with zero attached hydrogens (tertiary/aromatic N) is 1. The molecular formula is C13H15NO3. The Morgan fingerprint density at radius 1 is 1.00 bits per heavy atom. The fourth-order valence-electron chi connectivity index (χ4n) is 1.52. The van der Waals surface area contributed by atoms with Crippen molar-refractivity contribution < 1.29 is 14.2 Å². The molecule has 0 aliphatic heterocycles. The Balaban J connectivity index is 2.29. The van der Waals surface area contributed by atoms with E-state index in [-0.39, 0.29) is 0 Å². The van der Waals surface area contributed by atoms with Crippen LogP contribution in [0, 0.1) is 0 Å². The molecule has 1 aromatic carbocycles. The first-order valence-electron chi connectivity index (χ1n) is 5.26. The monoisotopic (exact) mass is 233 g/mol. The first kappa shape index (κ1) is 11.4. The minimum absolute atomic E-state index is 0.644. The number of hydrogen-bond acceptors (Lipinski definition) is 3. The van der Waals surface area contributed by atoms with E-state index in [9.17, 15) is 0 Å². The van der Waals surface area contributed by atoms with Crippen LogP contribution < -0.4 is 14.2 Å². The number of benzene rings is 1. The van der Waals surface area contributed by atoms with Crippen molar-refractivity contribution in [1.29, 1.82) is 0 Å². The maximum absolute atomic E-state index is 5.75. The highest BCUT2D eigenvalue weighted by Crippen LogP contribution is 2.34. The Morgan fingerprint density at radius 3 is 2.41 bits per heavy atom. The van der Waals surface area contributed by atoms with Crippen LogP contribution >= 0.6 is 0 Å². The second-order valence-corrected chi connectivity index (χ2v) is 3.58. The van der Waals surface area contributed by atoms with Crippen LogP contribution in [0.25, 0.3) is 0 Å². The molecule has 0 saturated carbocycles. The predicted octanol–water partition coefficient (Wildman–Crippen LogP) is 2.83. The third kappa shape index (κ3) is 2.36. The molecule has 0 aliphatic rings. The van der Waals surface area contributed by atoms with E-state index in [1.54, 1.807) is 20.3 Å². The SMILES string of the molecule is COc1ccc(Oc2cccn2C)c(OC)c1. The first-order chi connectivity index (χ1) is 8.24. The van der Waals surface area contributed by atoms with Crippen molar-refractivity contribution in [2.75, 3.05) is 14.2 Å². The highest BCUT2D eigenvalue weighted by atomic mass is 16.5. The molecule has 1 aromatic heterocycles. The number of ether oxygens (including phenoxy) is 3. The van der Waals surface area contributed by atoms with Crippen LogP contribution in [0.2, 0.25) is 0 Å². The fraction of sp³-hybridized carbons (Fsp3) is 0.231. The minimum atomic E-state index is 0.644. The average Bonchev–Trinajstić information content (AvgIpc) is 2.75. The van der Waals surface area contributed by atoms with Crippen molar-refractivity contribution in [2.45, 2.75) is 0 Å². The zero-order chi connectivity index (χ0) is 12.3. The van der Waals surface area contributed by atoms with Crippen LogP contribution in [-0.4, -0.2) is 18.8 Å². The number of aromatic nitrogens is 1. The molecule has 0 saturated heterocycles. The Kier molecular flexibility index (Phi) is 3.23. The van der Waals surface area contributed by atoms with E-state index >= 15 is 0 Å². The van der Waals surface area contributed by atoms with Crippen LogP contribution in [0.15, 0.2) is 36.5 Å². The van der Waals surface area contributed by atoms with Crippen molar-refractivity contribution in [3.05, 3.63) is 36.5 Å². The number of methoxy groups -OCH3 is 2. The van der Waals surface area contributed by atoms with Gasteiger partial charge in [0, 0.05) is 25.4 Å². The zero-order valence-electron chi connectivity index (χ0n) is 10.1. The van der Waals surface area contributed by atoms with Gasteiger partial charge in [-0.05, 0) is 18.2 Å². The van der Waals surface area contributed by atoms with E-state index < -0.39 is 0 Å². The maximum Gasteiger partial charge on any atom is 0.199 e. The molecule has 0 unspecified atom stereocenters. The molecule has 0 aliphatic carbocycles. The second kappa shape index (κ2) is 4.82. The molecule has 0 spiro atoms. The summed E-state index contributed by atoms with van der Waals surface area (Å²) in [4.78, 5) is 0. The second-order valence-electron chi connectivity index (χ2n) is 3.58. The molecule has 0 amide bonds. The molecule has 17 heavy (non-hydrogen) atoms. The van der Waals surface area contributed by atoms with Gasteiger partial charge in [0.25, 0.3) is 0 Å². The lowest BCUT2D eigenvalue weighted by molar-refractivity contribution is 0.361. The van der Waals surface area contributed by atoms with Gasteiger partial charge in [-0.15, -0.1) is 0 Å². The summed E-state index contributed by atoms with van der Waals surface area (Å²) in [5.74, 6) is 2.80. The molecule has 0 atom stereocenters. The van der Waals surface area contributed by atoms with E-state index in [2.05, 4.69) is 0 Å². The number of aryl methyl sites for hydroxylation is 1. The average molecular weight is 233 g/mol. The minimum Gasteiger partial charge on any atom is -0.497 e. The van der Waals surface area contributed by atoms with Crippen molar-refractivity contribution in [2.24, 2.45) is 7.05 Å². The lowest BCUT2D eigenvalue weighted by Gasteiger charge is -2.11. The third-order valence-electron chi connectivity index (χ3n) is 2.48. The lowest BCUT2D eigenvalue weighted by atomic mass is 10.3. The molecule has 0 N–H and O–H groups in total. The molecule has 0 bridgehead atoms. The smallest absolute Gasteiger partial charge is 0.199 e. The van der Waals surface area contributed by atoms with Crippen molar-refractivity contribution in [1.82, 2.24) is 4.57 Å². The van der Waals surface area contributed by atoms with Crippen LogP contribution in [0.1, 0.15) is 0 Å². The summed E-state index contributed by atoms with van der Waals surface area (Å²) in [5.41, 5.74) is 0. The van der Waals surface area contributed by atoms with E-state index in [1.807, 2.05) is 42.1 Å². The van der Waals surface area contributed by atoms with Crippen molar-refractivity contribution in [3.8, 4) is 23.1 Å². The van der Waals surface area contributed by atoms with Gasteiger partial charge in [-0.3, -0.25) is 0 Å². The highest BCUT2D eigenvalue weighted by Gasteiger charge is 2.08. The predicted molar refractivity (Wildman–Crippen MR) is 65.0 cm³/mol. The van der Waals surface area contributed by atoms with Gasteiger partial charge in [0.05, 0.1) is 14.2 Å². The molecule has 4 heteroatoms. The topological polar surface area (TPSA) is 32.6 Å². The summed E-state index contributed by atoms with van der Waals surface area (Å²) in [5, 5.41) is 0. The van der Waals surface area contributed by atoms with E-state index in [0.29, 0.717) is 11.5 Å². The normalized spacial score (nSPS) is 10.1. The standard InChI is InChI=1S/C13H15NO3/c1-14-8-4-5-13(14)17-11-7-6-10(15-2)9-12(11)16-3/h4-9H,1-3H3. The lowest BCUT2D eigenvalue weighted by Crippen LogP contribution is -1.95. The third-order valence-corrected chi connectivity index (χ3v) is 2.48. The van der Waals surface area contributed by atoms with Gasteiger partial charge < -0.3 is 18.8 Å². The van der Waals surface area contributed by atoms with Crippen molar-refractivity contribution in [3.63, 3.8) is 0 Å². The number of hydrogen-bond donors (Lipinski definition) is 0. The summed E-state index contributed by atoms with van der Waals surface area (Å²) in [6.45, 7) is 0. The Bertz CT molecular complexity index is 505. The molecule has 0 radical (unpaired) electrons. The highest BCUT2D eigenvalue weighted by molar-refractivity contribution is 5.47. The summed E-state index contributed by atoms with van der Waals surface area (Å²) in [7, 11) is 5.14. The first-order valence-corrected chi connectivity index (χ1v) is 5.26. The quantitative estimate of drug-likeness (QED) is 0.814. The summed E-state index contributed by atoms with van der Waals surface area (Å²) >= 11 is 0. The maximum atomic E-state index is 5.75. The van der Waals surface area contributed by atoms with Gasteiger partial charge in [-0.2, -0.15) is 0 Å². The Morgan fingerprint density at radius 2 is 1.82 bits per heavy atom. The van der Waals surface area contributed by atoms with E-state index in [1.165, 1.54) is 0 Å². The largest absolute Gasteiger partial charge is 0.497 e. The van der Waals surface area contributed by atoms with Gasteiger partial charge in [0.15, 0.2) is 17.4 Å². The summed E-state index contributed by atoms with van der Waals surface area (Å²) < 4.78 is 18.0. The summed E-state index contributed by atoms with van der Waals surface area (Å²) in [6.07, 6.45) is 1.92. The zero-order valence-corrected chi connectivity index (χ0v) is 10.1.